The van der Waals surface area contributed by atoms with Crippen molar-refractivity contribution in [3.05, 3.63) is 74.4 Å². The number of nitrogens with two attached hydrogens (primary N) is 1. The lowest BCUT2D eigenvalue weighted by molar-refractivity contribution is -0.727. The van der Waals surface area contributed by atoms with Crippen molar-refractivity contribution in [2.24, 2.45) is 0 Å². The quantitative estimate of drug-likeness (QED) is 0.0770. The first-order valence-corrected chi connectivity index (χ1v) is 16.5. The highest BCUT2D eigenvalue weighted by Crippen LogP contribution is 2.41. The van der Waals surface area contributed by atoms with Crippen LogP contribution in [0.2, 0.25) is 0 Å². The average molecular weight is 673 g/mol. The number of pyridine rings is 2. The monoisotopic (exact) mass is 672 g/mol. The molecule has 1 fully saturated rings. The second kappa shape index (κ2) is 12.1. The third-order valence-electron chi connectivity index (χ3n) is 7.51. The molecule has 45 heavy (non-hydrogen) atoms. The van der Waals surface area contributed by atoms with Crippen molar-refractivity contribution in [3.63, 3.8) is 0 Å². The number of thioether (sulfide) groups is 2. The van der Waals surface area contributed by atoms with Gasteiger partial charge in [-0.3, -0.25) is 24.1 Å². The molecule has 0 saturated carbocycles. The molecular weight excluding hydrogens is 647 g/mol. The van der Waals surface area contributed by atoms with Gasteiger partial charge in [0.25, 0.3) is 11.8 Å². The maximum Gasteiger partial charge on any atom is 0.352 e. The van der Waals surface area contributed by atoms with E-state index in [1.165, 1.54) is 39.5 Å². The third-order valence-corrected chi connectivity index (χ3v) is 10.7. The predicted molar refractivity (Wildman–Crippen MR) is 162 cm³/mol. The highest BCUT2D eigenvalue weighted by atomic mass is 32.2. The van der Waals surface area contributed by atoms with Crippen LogP contribution in [-0.2, 0) is 27.3 Å². The molecule has 18 heteroatoms. The average Bonchev–Trinajstić information content (AvgIpc) is 3.67. The number of hydrogen-bond donors (Lipinski definition) is 6. The number of carboxylic acid groups (broad SMARTS) is 1. The van der Waals surface area contributed by atoms with Gasteiger partial charge >= 0.3 is 5.97 Å². The molecule has 0 spiro atoms. The number of carbonyl (C=O) groups excluding carboxylic acids is 3. The topological polar surface area (TPSA) is 221 Å². The van der Waals surface area contributed by atoms with E-state index in [0.717, 1.165) is 35.7 Å². The first kappa shape index (κ1) is 30.5. The van der Waals surface area contributed by atoms with Crippen LogP contribution < -0.4 is 26.4 Å². The van der Waals surface area contributed by atoms with Crippen molar-refractivity contribution in [1.29, 1.82) is 0 Å². The summed E-state index contributed by atoms with van der Waals surface area (Å²) in [7, 11) is 0. The molecule has 7 N–H and O–H groups in total. The zero-order valence-corrected chi connectivity index (χ0v) is 25.7. The smallest absolute Gasteiger partial charge is 0.352 e. The maximum atomic E-state index is 13.5. The Morgan fingerprint density at radius 3 is 2.80 bits per heavy atom. The number of nitrogens with one attached hydrogen (secondary N) is 2. The number of carboxylic acids is 1. The van der Waals surface area contributed by atoms with Crippen LogP contribution in [0.15, 0.2) is 56.9 Å². The van der Waals surface area contributed by atoms with Gasteiger partial charge < -0.3 is 31.8 Å². The van der Waals surface area contributed by atoms with Crippen LogP contribution in [0.5, 0.6) is 5.75 Å². The van der Waals surface area contributed by atoms with Crippen LogP contribution in [0, 0.1) is 0 Å². The molecule has 15 nitrogen and oxygen atoms in total. The molecule has 0 radical (unpaired) electrons. The van der Waals surface area contributed by atoms with Crippen LogP contribution >= 0.6 is 34.9 Å². The van der Waals surface area contributed by atoms with Crippen LogP contribution in [0.3, 0.4) is 0 Å². The Morgan fingerprint density at radius 2 is 2.07 bits per heavy atom. The van der Waals surface area contributed by atoms with E-state index >= 15 is 0 Å². The molecule has 0 aliphatic carbocycles. The Morgan fingerprint density at radius 1 is 1.27 bits per heavy atom. The van der Waals surface area contributed by atoms with Crippen LogP contribution in [0.1, 0.15) is 34.3 Å². The Hall–Kier alpha value is -4.55. The number of anilines is 1. The summed E-state index contributed by atoms with van der Waals surface area (Å²) in [6.07, 6.45) is 2.66. The third kappa shape index (κ3) is 5.71. The molecule has 3 aliphatic rings. The SMILES string of the molecule is Nc1nc(C(NC(=O)c2cc(=O)c(O)cn2O)C(=O)N[C@@H]2C(=O)N3C(C(=O)O)=C(CSc4cccc5[n+]4CCC5)CS[C@H]23)cs1. The number of aromatic nitrogens is 3. The molecule has 0 bridgehead atoms. The fraction of sp³-hybridized carbons (Fsp3) is 0.296. The number of aliphatic carboxylic acids is 1. The van der Waals surface area contributed by atoms with Crippen LogP contribution in [-0.4, -0.2) is 76.6 Å². The van der Waals surface area contributed by atoms with Gasteiger partial charge in [0.15, 0.2) is 22.6 Å². The van der Waals surface area contributed by atoms with E-state index in [0.29, 0.717) is 29.3 Å². The van der Waals surface area contributed by atoms with Crippen LogP contribution in [0.4, 0.5) is 5.13 Å². The van der Waals surface area contributed by atoms with E-state index in [2.05, 4.69) is 26.3 Å². The van der Waals surface area contributed by atoms with Crippen LogP contribution in [0.25, 0.3) is 0 Å². The van der Waals surface area contributed by atoms with Gasteiger partial charge in [0.05, 0.1) is 11.9 Å². The summed E-state index contributed by atoms with van der Waals surface area (Å²) in [5.74, 6) is -3.88. The summed E-state index contributed by atoms with van der Waals surface area (Å²) < 4.78 is 2.44. The summed E-state index contributed by atoms with van der Waals surface area (Å²) in [6, 6.07) is 4.13. The van der Waals surface area contributed by atoms with Gasteiger partial charge in [-0.05, 0) is 11.6 Å². The molecule has 0 aromatic carbocycles. The van der Waals surface area contributed by atoms with Gasteiger partial charge in [-0.1, -0.05) is 11.8 Å². The van der Waals surface area contributed by atoms with E-state index in [1.54, 1.807) is 0 Å². The summed E-state index contributed by atoms with van der Waals surface area (Å²) in [5, 5.41) is 36.4. The van der Waals surface area contributed by atoms with E-state index in [9.17, 15) is 39.4 Å². The fourth-order valence-corrected chi connectivity index (χ4v) is 8.53. The molecule has 3 aromatic heterocycles. The number of rotatable bonds is 9. The first-order valence-electron chi connectivity index (χ1n) is 13.5. The van der Waals surface area contributed by atoms with E-state index < -0.39 is 58.0 Å². The maximum absolute atomic E-state index is 13.5. The molecule has 3 atom stereocenters. The number of aromatic hydroxyl groups is 1. The Labute approximate surface area is 266 Å². The number of β-lactam (4-membered cyclic amide) rings is 1. The molecule has 3 aromatic rings. The highest BCUT2D eigenvalue weighted by Gasteiger charge is 2.54. The minimum absolute atomic E-state index is 0.0320. The minimum Gasteiger partial charge on any atom is -0.503 e. The zero-order valence-electron chi connectivity index (χ0n) is 23.2. The summed E-state index contributed by atoms with van der Waals surface area (Å²) in [5.41, 5.74) is 5.96. The number of thiazole rings is 1. The number of fused-ring (bicyclic) bond motifs is 2. The normalized spacial score (nSPS) is 19.4. The van der Waals surface area contributed by atoms with Crippen molar-refractivity contribution in [1.82, 2.24) is 25.2 Å². The number of carbonyl (C=O) groups is 4. The number of nitrogens with zero attached hydrogens (tertiary/aromatic N) is 4. The molecule has 3 amide bonds. The summed E-state index contributed by atoms with van der Waals surface area (Å²) >= 11 is 3.83. The van der Waals surface area contributed by atoms with Gasteiger partial charge in [-0.15, -0.1) is 23.1 Å². The van der Waals surface area contributed by atoms with Crippen molar-refractivity contribution in [3.8, 4) is 5.75 Å². The highest BCUT2D eigenvalue weighted by molar-refractivity contribution is 8.01. The predicted octanol–water partition coefficient (Wildman–Crippen LogP) is 0.0656. The molecule has 234 valence electrons. The minimum atomic E-state index is -1.50. The lowest BCUT2D eigenvalue weighted by atomic mass is 10.0. The van der Waals surface area contributed by atoms with Gasteiger partial charge in [0.1, 0.15) is 29.4 Å². The summed E-state index contributed by atoms with van der Waals surface area (Å²) in [6.45, 7) is 0.899. The first-order chi connectivity index (χ1) is 21.5. The second-order valence-electron chi connectivity index (χ2n) is 10.3. The van der Waals surface area contributed by atoms with Gasteiger partial charge in [-0.25, -0.2) is 9.78 Å². The van der Waals surface area contributed by atoms with E-state index in [-0.39, 0.29) is 21.3 Å². The summed E-state index contributed by atoms with van der Waals surface area (Å²) in [4.78, 5) is 69.2. The molecular formula is C27H26N7O8S3+. The van der Waals surface area contributed by atoms with Crippen molar-refractivity contribution in [2.45, 2.75) is 41.9 Å². The largest absolute Gasteiger partial charge is 0.503 e. The Bertz CT molecular complexity index is 1840. The van der Waals surface area contributed by atoms with Crippen molar-refractivity contribution >= 4 is 63.7 Å². The Balaban J connectivity index is 1.19. The van der Waals surface area contributed by atoms with Gasteiger partial charge in [0.2, 0.25) is 16.4 Å². The van der Waals surface area contributed by atoms with Crippen molar-refractivity contribution < 1.29 is 39.2 Å². The molecule has 6 heterocycles. The number of nitrogen functional groups attached to an aromatic ring is 1. The lowest BCUT2D eigenvalue weighted by Crippen LogP contribution is -2.71. The molecule has 1 saturated heterocycles. The van der Waals surface area contributed by atoms with Gasteiger partial charge in [0, 0.05) is 47.9 Å². The van der Waals surface area contributed by atoms with E-state index in [4.69, 9.17) is 5.73 Å². The Kier molecular flexibility index (Phi) is 8.19. The molecule has 3 aliphatic heterocycles. The van der Waals surface area contributed by atoms with Crippen molar-refractivity contribution in [2.75, 3.05) is 17.2 Å². The number of amides is 3. The van der Waals surface area contributed by atoms with Gasteiger partial charge in [-0.2, -0.15) is 9.30 Å². The number of aryl methyl sites for hydroxylation is 1. The molecule has 1 unspecified atom stereocenters. The number of hydrogen-bond acceptors (Lipinski definition) is 12. The zero-order chi connectivity index (χ0) is 32.0. The second-order valence-corrected chi connectivity index (χ2v) is 13.3. The molecule has 6 rings (SSSR count). The van der Waals surface area contributed by atoms with E-state index in [1.807, 2.05) is 12.1 Å². The fourth-order valence-electron chi connectivity index (χ4n) is 5.37. The standard InChI is InChI=1S/C27H25N7O8S3/c28-27-29-14(11-45-27)19(30-22(37)15-7-16(35)17(36)8-33(15)42)23(38)31-20-24(39)34-21(26(40)41)12(10-44-25(20)34)9-43-18-5-1-3-13-4-2-6-32(13)18/h1,3,5,7-8,11,19-20,25,42H,2,4,6,9-10H2,(H5-,28,29,30,31,36,37,38,40,41)/p+1/t19?,20-,25-/m1/s1. The lowest BCUT2D eigenvalue weighted by Gasteiger charge is -2.49.